The van der Waals surface area contributed by atoms with Gasteiger partial charge in [0, 0.05) is 35.1 Å². The molecule has 0 atom stereocenters. The minimum Gasteiger partial charge on any atom is -0.437 e. The Balaban J connectivity index is 1.88. The summed E-state index contributed by atoms with van der Waals surface area (Å²) in [6, 6.07) is 13.1. The molecule has 3 N–H and O–H groups in total. The van der Waals surface area contributed by atoms with Crippen molar-refractivity contribution < 1.29 is 36.4 Å². The van der Waals surface area contributed by atoms with Gasteiger partial charge in [-0.3, -0.25) is 14.4 Å². The number of furan rings is 1. The van der Waals surface area contributed by atoms with Gasteiger partial charge in [0.05, 0.1) is 22.1 Å². The molecule has 2 amide bonds. The molecule has 0 radical (unpaired) electrons. The molecule has 0 spiro atoms. The number of hydrogen-bond donors (Lipinski definition) is 2. The summed E-state index contributed by atoms with van der Waals surface area (Å²) in [6.07, 6.45) is -6.03. The zero-order chi connectivity index (χ0) is 32.6. The number of aromatic nitrogens is 1. The zero-order valence-electron chi connectivity index (χ0n) is 25.0. The molecular formula is C33H33F4N3O4. The molecule has 4 rings (SSSR count). The highest BCUT2D eigenvalue weighted by Gasteiger charge is 2.43. The number of amides is 2. The molecule has 11 heteroatoms. The summed E-state index contributed by atoms with van der Waals surface area (Å²) >= 11 is 0. The summed E-state index contributed by atoms with van der Waals surface area (Å²) in [7, 11) is 0. The number of benzene rings is 2. The van der Waals surface area contributed by atoms with Crippen molar-refractivity contribution in [3.8, 4) is 22.5 Å². The van der Waals surface area contributed by atoms with Crippen LogP contribution in [0.15, 0.2) is 59.0 Å². The Morgan fingerprint density at radius 1 is 0.955 bits per heavy atom. The Kier molecular flexibility index (Phi) is 8.73. The molecule has 0 saturated carbocycles. The van der Waals surface area contributed by atoms with Gasteiger partial charge in [-0.05, 0) is 82.1 Å². The van der Waals surface area contributed by atoms with E-state index < -0.39 is 47.6 Å². The number of aryl methyl sites for hydroxylation is 1. The number of primary amides is 1. The number of nitrogens with one attached hydrogen (secondary N) is 1. The molecule has 0 aliphatic heterocycles. The van der Waals surface area contributed by atoms with Crippen LogP contribution >= 0.6 is 0 Å². The SMILES string of the molecule is CCC(=O)c1c(-c2ccc(F)cc2)oc2nc(CCC(F)(F)F)c(-c3cccc(C(=O)NC(C)(C)C(C)(C)C(N)=O)c3)cc12. The minimum atomic E-state index is -4.47. The number of hydrogen-bond acceptors (Lipinski definition) is 5. The Labute approximate surface area is 251 Å². The number of fused-ring (bicyclic) bond motifs is 1. The molecule has 4 aromatic rings. The van der Waals surface area contributed by atoms with Gasteiger partial charge in [0.15, 0.2) is 5.78 Å². The molecule has 0 fully saturated rings. The average Bonchev–Trinajstić information content (AvgIpc) is 3.33. The fraction of sp³-hybridized carbons (Fsp3) is 0.333. The highest BCUT2D eigenvalue weighted by atomic mass is 19.4. The first-order chi connectivity index (χ1) is 20.4. The lowest BCUT2D eigenvalue weighted by molar-refractivity contribution is -0.134. The van der Waals surface area contributed by atoms with Crippen molar-refractivity contribution >= 4 is 28.7 Å². The number of ketones is 1. The number of carbonyl (C=O) groups excluding carboxylic acids is 3. The van der Waals surface area contributed by atoms with Crippen molar-refractivity contribution in [1.82, 2.24) is 10.3 Å². The lowest BCUT2D eigenvalue weighted by atomic mass is 9.73. The van der Waals surface area contributed by atoms with Gasteiger partial charge in [-0.1, -0.05) is 19.1 Å². The number of pyridine rings is 1. The van der Waals surface area contributed by atoms with E-state index in [-0.39, 0.29) is 51.4 Å². The summed E-state index contributed by atoms with van der Waals surface area (Å²) in [6.45, 7) is 8.21. The summed E-state index contributed by atoms with van der Waals surface area (Å²) in [5, 5.41) is 3.11. The smallest absolute Gasteiger partial charge is 0.389 e. The molecule has 2 aromatic heterocycles. The second-order valence-corrected chi connectivity index (χ2v) is 11.7. The zero-order valence-corrected chi connectivity index (χ0v) is 25.0. The second-order valence-electron chi connectivity index (χ2n) is 11.7. The molecule has 232 valence electrons. The molecule has 2 aromatic carbocycles. The van der Waals surface area contributed by atoms with E-state index in [1.807, 2.05) is 0 Å². The maximum atomic E-state index is 13.6. The van der Waals surface area contributed by atoms with E-state index in [1.54, 1.807) is 52.8 Å². The number of halogens is 4. The molecule has 7 nitrogen and oxygen atoms in total. The third kappa shape index (κ3) is 6.51. The van der Waals surface area contributed by atoms with Crippen LogP contribution in [0.1, 0.15) is 73.9 Å². The van der Waals surface area contributed by atoms with Crippen LogP contribution in [0.4, 0.5) is 17.6 Å². The van der Waals surface area contributed by atoms with Crippen molar-refractivity contribution in [2.45, 2.75) is 65.6 Å². The van der Waals surface area contributed by atoms with E-state index in [1.165, 1.54) is 36.4 Å². The Morgan fingerprint density at radius 2 is 1.61 bits per heavy atom. The molecule has 0 aliphatic carbocycles. The lowest BCUT2D eigenvalue weighted by Crippen LogP contribution is -2.58. The van der Waals surface area contributed by atoms with Gasteiger partial charge in [-0.15, -0.1) is 0 Å². The van der Waals surface area contributed by atoms with Gasteiger partial charge in [-0.2, -0.15) is 13.2 Å². The van der Waals surface area contributed by atoms with Gasteiger partial charge < -0.3 is 15.5 Å². The average molecular weight is 612 g/mol. The standard InChI is InChI=1S/C33H33F4N3O4/c1-6-25(41)26-23-17-22(19-8-7-9-20(16-19)28(42)40-32(4,5)31(2,3)30(38)43)24(14-15-33(35,36)37)39-29(23)44-27(26)18-10-12-21(34)13-11-18/h7-13,16-17H,6,14-15H2,1-5H3,(H2,38,43)(H,40,42). The van der Waals surface area contributed by atoms with Gasteiger partial charge in [0.25, 0.3) is 5.91 Å². The third-order valence-corrected chi connectivity index (χ3v) is 8.15. The van der Waals surface area contributed by atoms with Crippen molar-refractivity contribution in [3.05, 3.63) is 77.2 Å². The molecule has 0 unspecified atom stereocenters. The van der Waals surface area contributed by atoms with Gasteiger partial charge >= 0.3 is 6.18 Å². The van der Waals surface area contributed by atoms with Crippen LogP contribution in [0.3, 0.4) is 0 Å². The monoisotopic (exact) mass is 611 g/mol. The predicted octanol–water partition coefficient (Wildman–Crippen LogP) is 7.41. The van der Waals surface area contributed by atoms with Crippen LogP contribution in [0, 0.1) is 11.2 Å². The molecule has 0 aliphatic rings. The maximum Gasteiger partial charge on any atom is 0.389 e. The normalized spacial score (nSPS) is 12.4. The molecular weight excluding hydrogens is 578 g/mol. The highest BCUT2D eigenvalue weighted by molar-refractivity contribution is 6.12. The maximum absolute atomic E-state index is 13.6. The van der Waals surface area contributed by atoms with Crippen molar-refractivity contribution in [2.75, 3.05) is 0 Å². The van der Waals surface area contributed by atoms with Crippen LogP contribution in [0.25, 0.3) is 33.6 Å². The highest BCUT2D eigenvalue weighted by Crippen LogP contribution is 2.38. The second kappa shape index (κ2) is 11.9. The van der Waals surface area contributed by atoms with E-state index in [2.05, 4.69) is 10.3 Å². The molecule has 0 bridgehead atoms. The van der Waals surface area contributed by atoms with Gasteiger partial charge in [0.2, 0.25) is 11.6 Å². The molecule has 2 heterocycles. The van der Waals surface area contributed by atoms with Gasteiger partial charge in [-0.25, -0.2) is 9.37 Å². The van der Waals surface area contributed by atoms with Crippen molar-refractivity contribution in [2.24, 2.45) is 11.1 Å². The molecule has 44 heavy (non-hydrogen) atoms. The number of carbonyl (C=O) groups is 3. The van der Waals surface area contributed by atoms with Crippen LogP contribution < -0.4 is 11.1 Å². The first-order valence-electron chi connectivity index (χ1n) is 14.0. The summed E-state index contributed by atoms with van der Waals surface area (Å²) in [5.41, 5.74) is 4.85. The number of Topliss-reactive ketones (excluding diaryl/α,β-unsaturated/α-hetero) is 1. The largest absolute Gasteiger partial charge is 0.437 e. The quantitative estimate of drug-likeness (QED) is 0.143. The van der Waals surface area contributed by atoms with Crippen LogP contribution in [0.5, 0.6) is 0 Å². The molecule has 0 saturated heterocycles. The van der Waals surface area contributed by atoms with E-state index >= 15 is 0 Å². The van der Waals surface area contributed by atoms with Gasteiger partial charge in [0.1, 0.15) is 11.6 Å². The predicted molar refractivity (Wildman–Crippen MR) is 158 cm³/mol. The van der Waals surface area contributed by atoms with Crippen molar-refractivity contribution in [3.63, 3.8) is 0 Å². The Morgan fingerprint density at radius 3 is 2.20 bits per heavy atom. The number of alkyl halides is 3. The first kappa shape index (κ1) is 32.4. The van der Waals surface area contributed by atoms with E-state index in [9.17, 15) is 31.9 Å². The lowest BCUT2D eigenvalue weighted by Gasteiger charge is -2.39. The first-order valence-corrected chi connectivity index (χ1v) is 14.0. The van der Waals surface area contributed by atoms with E-state index in [4.69, 9.17) is 10.2 Å². The minimum absolute atomic E-state index is 0.0358. The van der Waals surface area contributed by atoms with Crippen LogP contribution in [-0.2, 0) is 11.2 Å². The van der Waals surface area contributed by atoms with E-state index in [0.717, 1.165) is 0 Å². The number of nitrogens with two attached hydrogens (primary N) is 1. The fourth-order valence-corrected chi connectivity index (χ4v) is 4.67. The van der Waals surface area contributed by atoms with Crippen LogP contribution in [0.2, 0.25) is 0 Å². The van der Waals surface area contributed by atoms with Crippen LogP contribution in [-0.4, -0.2) is 34.3 Å². The number of nitrogens with zero attached hydrogens (tertiary/aromatic N) is 1. The summed E-state index contributed by atoms with van der Waals surface area (Å²) < 4.78 is 59.6. The Bertz CT molecular complexity index is 1740. The topological polar surface area (TPSA) is 115 Å². The Hall–Kier alpha value is -4.54. The summed E-state index contributed by atoms with van der Waals surface area (Å²) in [5.74, 6) is -1.80. The third-order valence-electron chi connectivity index (χ3n) is 8.15. The number of rotatable bonds is 10. The fourth-order valence-electron chi connectivity index (χ4n) is 4.67. The summed E-state index contributed by atoms with van der Waals surface area (Å²) in [4.78, 5) is 42.9. The van der Waals surface area contributed by atoms with E-state index in [0.29, 0.717) is 11.1 Å². The van der Waals surface area contributed by atoms with Crippen molar-refractivity contribution in [1.29, 1.82) is 0 Å².